The molecule has 4 rings (SSSR count). The Kier molecular flexibility index (Phi) is 4.53. The number of rotatable bonds is 4. The lowest BCUT2D eigenvalue weighted by Gasteiger charge is -2.16. The third-order valence-corrected chi connectivity index (χ3v) is 5.70. The fraction of sp³-hybridized carbons (Fsp3) is 0.250. The van der Waals surface area contributed by atoms with Crippen LogP contribution >= 0.6 is 11.3 Å². The molecule has 0 radical (unpaired) electrons. The minimum Gasteiger partial charge on any atom is -0.312 e. The van der Waals surface area contributed by atoms with E-state index in [-0.39, 0.29) is 11.8 Å². The molecule has 2 aromatic heterocycles. The predicted molar refractivity (Wildman–Crippen MR) is 107 cm³/mol. The SMILES string of the molecule is CCC(=O)N1CCc2cc(C(=O)Nc3cc(-c4ccc(C)s4)[nH]n3)ccc21. The van der Waals surface area contributed by atoms with Gasteiger partial charge in [0.05, 0.1) is 10.6 Å². The van der Waals surface area contributed by atoms with Crippen LogP contribution in [0.25, 0.3) is 10.6 Å². The topological polar surface area (TPSA) is 78.1 Å². The van der Waals surface area contributed by atoms with Gasteiger partial charge in [-0.1, -0.05) is 6.92 Å². The number of carbonyl (C=O) groups is 2. The Hall–Kier alpha value is -2.93. The van der Waals surface area contributed by atoms with Gasteiger partial charge in [0.1, 0.15) is 0 Å². The zero-order valence-electron chi connectivity index (χ0n) is 15.2. The Labute approximate surface area is 161 Å². The third kappa shape index (κ3) is 3.38. The van der Waals surface area contributed by atoms with Gasteiger partial charge in [-0.2, -0.15) is 5.10 Å². The number of thiophene rings is 1. The lowest BCUT2D eigenvalue weighted by molar-refractivity contribution is -0.118. The Bertz CT molecular complexity index is 1020. The molecule has 138 valence electrons. The summed E-state index contributed by atoms with van der Waals surface area (Å²) in [5, 5.41) is 9.98. The smallest absolute Gasteiger partial charge is 0.256 e. The van der Waals surface area contributed by atoms with Gasteiger partial charge in [-0.05, 0) is 49.2 Å². The minimum absolute atomic E-state index is 0.110. The van der Waals surface area contributed by atoms with E-state index >= 15 is 0 Å². The molecule has 3 heterocycles. The maximum Gasteiger partial charge on any atom is 0.256 e. The van der Waals surface area contributed by atoms with Crippen LogP contribution in [0.3, 0.4) is 0 Å². The standard InChI is InChI=1S/C20H20N4O2S/c1-3-19(25)24-9-8-13-10-14(5-6-16(13)24)20(26)21-18-11-15(22-23-18)17-7-4-12(2)27-17/h4-7,10-11H,3,8-9H2,1-2H3,(H2,21,22,23,26). The summed E-state index contributed by atoms with van der Waals surface area (Å²) in [7, 11) is 0. The van der Waals surface area contributed by atoms with Crippen molar-refractivity contribution in [3.63, 3.8) is 0 Å². The van der Waals surface area contributed by atoms with Crippen molar-refractivity contribution in [2.45, 2.75) is 26.7 Å². The number of aryl methyl sites for hydroxylation is 1. The average Bonchev–Trinajstić information content (AvgIpc) is 3.39. The fourth-order valence-electron chi connectivity index (χ4n) is 3.27. The molecule has 2 amide bonds. The Balaban J connectivity index is 1.50. The molecule has 0 unspecified atom stereocenters. The van der Waals surface area contributed by atoms with E-state index in [4.69, 9.17) is 0 Å². The van der Waals surface area contributed by atoms with E-state index in [2.05, 4.69) is 28.5 Å². The number of benzene rings is 1. The second-order valence-electron chi connectivity index (χ2n) is 6.52. The number of hydrogen-bond acceptors (Lipinski definition) is 4. The Morgan fingerprint density at radius 1 is 1.26 bits per heavy atom. The number of aromatic amines is 1. The van der Waals surface area contributed by atoms with E-state index in [9.17, 15) is 9.59 Å². The summed E-state index contributed by atoms with van der Waals surface area (Å²) in [5.74, 6) is 0.390. The van der Waals surface area contributed by atoms with Crippen molar-refractivity contribution in [3.8, 4) is 10.6 Å². The van der Waals surface area contributed by atoms with Crippen LogP contribution in [-0.4, -0.2) is 28.6 Å². The average molecular weight is 380 g/mol. The quantitative estimate of drug-likeness (QED) is 0.718. The highest BCUT2D eigenvalue weighted by molar-refractivity contribution is 7.15. The maximum atomic E-state index is 12.6. The Morgan fingerprint density at radius 2 is 2.11 bits per heavy atom. The van der Waals surface area contributed by atoms with Crippen LogP contribution in [0.1, 0.15) is 34.1 Å². The summed E-state index contributed by atoms with van der Waals surface area (Å²) in [4.78, 5) is 28.7. The normalized spacial score (nSPS) is 12.9. The van der Waals surface area contributed by atoms with Gasteiger partial charge in [0, 0.05) is 35.2 Å². The zero-order valence-corrected chi connectivity index (χ0v) is 16.0. The number of anilines is 2. The van der Waals surface area contributed by atoms with E-state index in [0.29, 0.717) is 24.3 Å². The summed E-state index contributed by atoms with van der Waals surface area (Å²) in [6.45, 7) is 4.59. The van der Waals surface area contributed by atoms with E-state index in [1.54, 1.807) is 22.3 Å². The highest BCUT2D eigenvalue weighted by Gasteiger charge is 2.24. The van der Waals surface area contributed by atoms with E-state index < -0.39 is 0 Å². The zero-order chi connectivity index (χ0) is 19.0. The third-order valence-electron chi connectivity index (χ3n) is 4.67. The monoisotopic (exact) mass is 380 g/mol. The van der Waals surface area contributed by atoms with Gasteiger partial charge in [0.2, 0.25) is 5.91 Å². The highest BCUT2D eigenvalue weighted by Crippen LogP contribution is 2.30. The number of aromatic nitrogens is 2. The molecule has 1 aliphatic rings. The number of amides is 2. The van der Waals surface area contributed by atoms with Gasteiger partial charge in [-0.15, -0.1) is 11.3 Å². The molecule has 2 N–H and O–H groups in total. The van der Waals surface area contributed by atoms with Crippen molar-refractivity contribution in [2.75, 3.05) is 16.8 Å². The molecule has 0 saturated heterocycles. The fourth-order valence-corrected chi connectivity index (χ4v) is 4.11. The molecule has 1 aromatic carbocycles. The van der Waals surface area contributed by atoms with Gasteiger partial charge >= 0.3 is 0 Å². The van der Waals surface area contributed by atoms with Crippen molar-refractivity contribution < 1.29 is 9.59 Å². The molecular weight excluding hydrogens is 360 g/mol. The first kappa shape index (κ1) is 17.5. The van der Waals surface area contributed by atoms with E-state index in [0.717, 1.165) is 28.2 Å². The van der Waals surface area contributed by atoms with Crippen molar-refractivity contribution in [1.29, 1.82) is 0 Å². The molecule has 1 aliphatic heterocycles. The molecule has 0 bridgehead atoms. The molecule has 6 nitrogen and oxygen atoms in total. The molecule has 0 aliphatic carbocycles. The van der Waals surface area contributed by atoms with Crippen molar-refractivity contribution in [2.24, 2.45) is 0 Å². The summed E-state index contributed by atoms with van der Waals surface area (Å²) in [5.41, 5.74) is 3.39. The van der Waals surface area contributed by atoms with E-state index in [1.165, 1.54) is 4.88 Å². The molecule has 0 fully saturated rings. The molecule has 0 atom stereocenters. The largest absolute Gasteiger partial charge is 0.312 e. The summed E-state index contributed by atoms with van der Waals surface area (Å²) in [6, 6.07) is 11.4. The van der Waals surface area contributed by atoms with Gasteiger partial charge in [0.15, 0.2) is 5.82 Å². The van der Waals surface area contributed by atoms with Crippen LogP contribution in [0.2, 0.25) is 0 Å². The summed E-state index contributed by atoms with van der Waals surface area (Å²) >= 11 is 1.67. The second-order valence-corrected chi connectivity index (χ2v) is 7.81. The molecule has 7 heteroatoms. The first-order chi connectivity index (χ1) is 13.0. The lowest BCUT2D eigenvalue weighted by Crippen LogP contribution is -2.27. The number of fused-ring (bicyclic) bond motifs is 1. The molecule has 0 spiro atoms. The van der Waals surface area contributed by atoms with Crippen molar-refractivity contribution in [1.82, 2.24) is 10.2 Å². The van der Waals surface area contributed by atoms with Gasteiger partial charge < -0.3 is 10.2 Å². The minimum atomic E-state index is -0.210. The van der Waals surface area contributed by atoms with Crippen LogP contribution in [0.5, 0.6) is 0 Å². The first-order valence-corrected chi connectivity index (χ1v) is 9.73. The van der Waals surface area contributed by atoms with Gasteiger partial charge in [0.25, 0.3) is 5.91 Å². The number of nitrogens with one attached hydrogen (secondary N) is 2. The molecular formula is C20H20N4O2S. The summed E-state index contributed by atoms with van der Waals surface area (Å²) in [6.07, 6.45) is 1.25. The molecule has 27 heavy (non-hydrogen) atoms. The number of nitrogens with zero attached hydrogens (tertiary/aromatic N) is 2. The summed E-state index contributed by atoms with van der Waals surface area (Å²) < 4.78 is 0. The predicted octanol–water partition coefficient (Wildman–Crippen LogP) is 4.00. The van der Waals surface area contributed by atoms with Crippen molar-refractivity contribution >= 4 is 34.7 Å². The highest BCUT2D eigenvalue weighted by atomic mass is 32.1. The van der Waals surface area contributed by atoms with Crippen LogP contribution in [0, 0.1) is 6.92 Å². The van der Waals surface area contributed by atoms with Gasteiger partial charge in [-0.25, -0.2) is 0 Å². The maximum absolute atomic E-state index is 12.6. The van der Waals surface area contributed by atoms with Crippen LogP contribution in [0.15, 0.2) is 36.4 Å². The molecule has 3 aromatic rings. The lowest BCUT2D eigenvalue weighted by atomic mass is 10.1. The molecule has 0 saturated carbocycles. The number of carbonyl (C=O) groups excluding carboxylic acids is 2. The second kappa shape index (κ2) is 7.00. The van der Waals surface area contributed by atoms with Crippen LogP contribution in [0.4, 0.5) is 11.5 Å². The van der Waals surface area contributed by atoms with Crippen LogP contribution in [-0.2, 0) is 11.2 Å². The van der Waals surface area contributed by atoms with Gasteiger partial charge in [-0.3, -0.25) is 14.7 Å². The van der Waals surface area contributed by atoms with E-state index in [1.807, 2.05) is 31.2 Å². The van der Waals surface area contributed by atoms with Crippen molar-refractivity contribution in [3.05, 3.63) is 52.4 Å². The number of H-pyrrole nitrogens is 1. The number of hydrogen-bond donors (Lipinski definition) is 2. The first-order valence-electron chi connectivity index (χ1n) is 8.92. The van der Waals surface area contributed by atoms with Crippen LogP contribution < -0.4 is 10.2 Å². The Morgan fingerprint density at radius 3 is 2.85 bits per heavy atom.